The average molecular weight is 311 g/mol. The number of carbonyl (C=O) groups excluding carboxylic acids is 1. The maximum Gasteiger partial charge on any atom is 0.265 e. The maximum absolute atomic E-state index is 12.3. The van der Waals surface area contributed by atoms with Crippen molar-refractivity contribution in [3.8, 4) is 11.5 Å². The second kappa shape index (κ2) is 8.03. The van der Waals surface area contributed by atoms with Gasteiger partial charge in [0.25, 0.3) is 5.91 Å². The van der Waals surface area contributed by atoms with Gasteiger partial charge in [-0.05, 0) is 43.7 Å². The number of hydrogen-bond acceptors (Lipinski definition) is 3. The van der Waals surface area contributed by atoms with Gasteiger partial charge in [0.15, 0.2) is 6.10 Å². The van der Waals surface area contributed by atoms with Gasteiger partial charge in [0.05, 0.1) is 5.69 Å². The quantitative estimate of drug-likeness (QED) is 0.785. The summed E-state index contributed by atoms with van der Waals surface area (Å²) in [6, 6.07) is 16.5. The smallest absolute Gasteiger partial charge is 0.265 e. The van der Waals surface area contributed by atoms with E-state index in [9.17, 15) is 4.79 Å². The lowest BCUT2D eigenvalue weighted by atomic mass is 10.2. The molecule has 0 bridgehead atoms. The second-order valence-corrected chi connectivity index (χ2v) is 5.30. The van der Waals surface area contributed by atoms with Gasteiger partial charge in [-0.1, -0.05) is 36.9 Å². The predicted octanol–water partition coefficient (Wildman–Crippen LogP) is 4.05. The molecule has 4 heteroatoms. The van der Waals surface area contributed by atoms with Crippen molar-refractivity contribution in [2.24, 2.45) is 0 Å². The summed E-state index contributed by atoms with van der Waals surface area (Å²) >= 11 is 0. The third kappa shape index (κ3) is 5.18. The number of rotatable bonds is 7. The van der Waals surface area contributed by atoms with E-state index >= 15 is 0 Å². The fourth-order valence-corrected chi connectivity index (χ4v) is 1.89. The van der Waals surface area contributed by atoms with E-state index in [0.29, 0.717) is 23.8 Å². The molecular weight excluding hydrogens is 290 g/mol. The van der Waals surface area contributed by atoms with E-state index in [4.69, 9.17) is 9.47 Å². The standard InChI is InChI=1S/C19H21NO3/c1-14(2)13-22-18-12-8-7-11-17(18)20-19(21)15(3)23-16-9-5-4-6-10-16/h4-12,15H,1,13H2,2-3H3,(H,20,21). The average Bonchev–Trinajstić information content (AvgIpc) is 2.54. The third-order valence-corrected chi connectivity index (χ3v) is 3.04. The van der Waals surface area contributed by atoms with Gasteiger partial charge in [0.2, 0.25) is 0 Å². The molecule has 0 saturated carbocycles. The Morgan fingerprint density at radius 1 is 1.13 bits per heavy atom. The van der Waals surface area contributed by atoms with Gasteiger partial charge in [-0.25, -0.2) is 0 Å². The zero-order valence-electron chi connectivity index (χ0n) is 13.4. The van der Waals surface area contributed by atoms with E-state index in [-0.39, 0.29) is 5.91 Å². The Kier molecular flexibility index (Phi) is 5.80. The lowest BCUT2D eigenvalue weighted by Gasteiger charge is -2.16. The molecule has 0 fully saturated rings. The summed E-state index contributed by atoms with van der Waals surface area (Å²) in [5.41, 5.74) is 1.52. The predicted molar refractivity (Wildman–Crippen MR) is 91.9 cm³/mol. The molecule has 0 radical (unpaired) electrons. The zero-order valence-corrected chi connectivity index (χ0v) is 13.4. The first-order chi connectivity index (χ1) is 11.1. The first kappa shape index (κ1) is 16.6. The van der Waals surface area contributed by atoms with Gasteiger partial charge in [-0.2, -0.15) is 0 Å². The summed E-state index contributed by atoms with van der Waals surface area (Å²) in [6.45, 7) is 7.80. The number of amides is 1. The molecule has 0 aliphatic heterocycles. The molecule has 1 atom stereocenters. The number of carbonyl (C=O) groups is 1. The summed E-state index contributed by atoms with van der Waals surface area (Å²) in [6.07, 6.45) is -0.619. The summed E-state index contributed by atoms with van der Waals surface area (Å²) in [4.78, 5) is 12.3. The molecule has 4 nitrogen and oxygen atoms in total. The van der Waals surface area contributed by atoms with Crippen LogP contribution < -0.4 is 14.8 Å². The summed E-state index contributed by atoms with van der Waals surface area (Å²) in [7, 11) is 0. The SMILES string of the molecule is C=C(C)COc1ccccc1NC(=O)C(C)Oc1ccccc1. The van der Waals surface area contributed by atoms with Crippen molar-refractivity contribution in [2.45, 2.75) is 20.0 Å². The molecule has 1 N–H and O–H groups in total. The van der Waals surface area contributed by atoms with Gasteiger partial charge in [-0.3, -0.25) is 4.79 Å². The minimum Gasteiger partial charge on any atom is -0.487 e. The molecule has 1 amide bonds. The molecule has 1 unspecified atom stereocenters. The number of hydrogen-bond donors (Lipinski definition) is 1. The fraction of sp³-hybridized carbons (Fsp3) is 0.211. The molecule has 2 aromatic carbocycles. The monoisotopic (exact) mass is 311 g/mol. The van der Waals surface area contributed by atoms with Crippen LogP contribution in [0, 0.1) is 0 Å². The minimum atomic E-state index is -0.619. The Bertz CT molecular complexity index is 667. The molecule has 0 heterocycles. The highest BCUT2D eigenvalue weighted by molar-refractivity contribution is 5.95. The van der Waals surface area contributed by atoms with Crippen LogP contribution in [0.15, 0.2) is 66.7 Å². The Morgan fingerprint density at radius 3 is 2.48 bits per heavy atom. The Labute approximate surface area is 136 Å². The Hall–Kier alpha value is -2.75. The molecule has 2 aromatic rings. The highest BCUT2D eigenvalue weighted by Crippen LogP contribution is 2.24. The molecule has 23 heavy (non-hydrogen) atoms. The van der Waals surface area contributed by atoms with Gasteiger partial charge in [-0.15, -0.1) is 0 Å². The molecule has 0 aliphatic carbocycles. The highest BCUT2D eigenvalue weighted by atomic mass is 16.5. The molecule has 0 saturated heterocycles. The topological polar surface area (TPSA) is 47.6 Å². The number of nitrogens with one attached hydrogen (secondary N) is 1. The van der Waals surface area contributed by atoms with E-state index in [0.717, 1.165) is 5.57 Å². The van der Waals surface area contributed by atoms with Crippen molar-refractivity contribution in [2.75, 3.05) is 11.9 Å². The first-order valence-corrected chi connectivity index (χ1v) is 7.45. The van der Waals surface area contributed by atoms with Gasteiger partial charge < -0.3 is 14.8 Å². The van der Waals surface area contributed by atoms with Crippen molar-refractivity contribution >= 4 is 11.6 Å². The molecule has 0 aromatic heterocycles. The van der Waals surface area contributed by atoms with Crippen LogP contribution in [0.2, 0.25) is 0 Å². The lowest BCUT2D eigenvalue weighted by molar-refractivity contribution is -0.122. The van der Waals surface area contributed by atoms with E-state index in [1.807, 2.05) is 49.4 Å². The van der Waals surface area contributed by atoms with Crippen LogP contribution in [0.4, 0.5) is 5.69 Å². The highest BCUT2D eigenvalue weighted by Gasteiger charge is 2.16. The number of ether oxygens (including phenoxy) is 2. The van der Waals surface area contributed by atoms with E-state index in [1.54, 1.807) is 19.1 Å². The molecule has 0 aliphatic rings. The second-order valence-electron chi connectivity index (χ2n) is 5.30. The first-order valence-electron chi connectivity index (χ1n) is 7.45. The van der Waals surface area contributed by atoms with Crippen LogP contribution in [0.25, 0.3) is 0 Å². The van der Waals surface area contributed by atoms with E-state index in [1.165, 1.54) is 0 Å². The number of benzene rings is 2. The van der Waals surface area contributed by atoms with Crippen LogP contribution in [0.5, 0.6) is 11.5 Å². The van der Waals surface area contributed by atoms with Crippen LogP contribution >= 0.6 is 0 Å². The molecule has 2 rings (SSSR count). The molecule has 0 spiro atoms. The lowest BCUT2D eigenvalue weighted by Crippen LogP contribution is -2.30. The van der Waals surface area contributed by atoms with Crippen molar-refractivity contribution in [3.05, 3.63) is 66.7 Å². The van der Waals surface area contributed by atoms with Crippen molar-refractivity contribution in [3.63, 3.8) is 0 Å². The fourth-order valence-electron chi connectivity index (χ4n) is 1.89. The molecule has 120 valence electrons. The number of para-hydroxylation sites is 3. The number of anilines is 1. The summed E-state index contributed by atoms with van der Waals surface area (Å²) in [5, 5.41) is 2.84. The van der Waals surface area contributed by atoms with Gasteiger partial charge in [0, 0.05) is 0 Å². The van der Waals surface area contributed by atoms with Crippen LogP contribution in [-0.2, 0) is 4.79 Å². The third-order valence-electron chi connectivity index (χ3n) is 3.04. The minimum absolute atomic E-state index is 0.236. The molecular formula is C19H21NO3. The van der Waals surface area contributed by atoms with Crippen molar-refractivity contribution in [1.29, 1.82) is 0 Å². The van der Waals surface area contributed by atoms with Crippen LogP contribution in [0.3, 0.4) is 0 Å². The summed E-state index contributed by atoms with van der Waals surface area (Å²) < 4.78 is 11.3. The van der Waals surface area contributed by atoms with E-state index in [2.05, 4.69) is 11.9 Å². The van der Waals surface area contributed by atoms with Crippen LogP contribution in [0.1, 0.15) is 13.8 Å². The van der Waals surface area contributed by atoms with Crippen molar-refractivity contribution < 1.29 is 14.3 Å². The summed E-state index contributed by atoms with van der Waals surface area (Å²) in [5.74, 6) is 1.03. The Morgan fingerprint density at radius 2 is 1.78 bits per heavy atom. The van der Waals surface area contributed by atoms with E-state index < -0.39 is 6.10 Å². The zero-order chi connectivity index (χ0) is 16.7. The Balaban J connectivity index is 2.00. The largest absolute Gasteiger partial charge is 0.487 e. The van der Waals surface area contributed by atoms with Crippen molar-refractivity contribution in [1.82, 2.24) is 0 Å². The van der Waals surface area contributed by atoms with Crippen LogP contribution in [-0.4, -0.2) is 18.6 Å². The van der Waals surface area contributed by atoms with Gasteiger partial charge >= 0.3 is 0 Å². The van der Waals surface area contributed by atoms with Gasteiger partial charge in [0.1, 0.15) is 18.1 Å². The maximum atomic E-state index is 12.3. The normalized spacial score (nSPS) is 11.4.